The summed E-state index contributed by atoms with van der Waals surface area (Å²) in [7, 11) is 1.63. The van der Waals surface area contributed by atoms with Gasteiger partial charge in [-0.3, -0.25) is 20.0 Å². The van der Waals surface area contributed by atoms with E-state index < -0.39 is 30.2 Å². The number of nitrogens with one attached hydrogen (secondary N) is 2. The van der Waals surface area contributed by atoms with Crippen molar-refractivity contribution in [3.8, 4) is 5.75 Å². The van der Waals surface area contributed by atoms with Gasteiger partial charge in [-0.2, -0.15) is 0 Å². The van der Waals surface area contributed by atoms with Crippen molar-refractivity contribution in [2.45, 2.75) is 31.7 Å². The number of hydrogen-bond acceptors (Lipinski definition) is 7. The number of urea groups is 1. The molecule has 3 unspecified atom stereocenters. The van der Waals surface area contributed by atoms with E-state index in [-0.39, 0.29) is 13.2 Å². The van der Waals surface area contributed by atoms with Crippen molar-refractivity contribution in [3.05, 3.63) is 29.8 Å². The topological polar surface area (TPSA) is 119 Å². The number of aliphatic hydroxyl groups excluding tert-OH is 1. The first-order chi connectivity index (χ1) is 16.5. The lowest BCUT2D eigenvalue weighted by atomic mass is 10.1. The number of fused-ring (bicyclic) bond motifs is 1. The zero-order valence-corrected chi connectivity index (χ0v) is 19.8. The smallest absolute Gasteiger partial charge is 0.325 e. The molecule has 1 aromatic rings. The number of aryl methyl sites for hydroxylation is 1. The van der Waals surface area contributed by atoms with Gasteiger partial charge in [0.1, 0.15) is 24.6 Å². The van der Waals surface area contributed by atoms with E-state index >= 15 is 0 Å². The Morgan fingerprint density at radius 3 is 2.85 bits per heavy atom. The van der Waals surface area contributed by atoms with Crippen molar-refractivity contribution in [1.82, 2.24) is 25.3 Å². The molecule has 3 aliphatic rings. The van der Waals surface area contributed by atoms with E-state index in [1.807, 2.05) is 24.3 Å². The van der Waals surface area contributed by atoms with E-state index in [4.69, 9.17) is 9.47 Å². The highest BCUT2D eigenvalue weighted by atomic mass is 16.5. The summed E-state index contributed by atoms with van der Waals surface area (Å²) in [6, 6.07) is 6.60. The van der Waals surface area contributed by atoms with Gasteiger partial charge in [-0.1, -0.05) is 19.1 Å². The first-order valence-electron chi connectivity index (χ1n) is 11.8. The molecule has 34 heavy (non-hydrogen) atoms. The number of aliphatic imine (C=N–C) groups is 1. The SMILES string of the molecule is CCc1cccc(OCC(O)CN2C(=NCCN3CCOCC3)NC3C2C(=O)NC(=O)N3C)c1. The minimum atomic E-state index is -0.869. The maximum Gasteiger partial charge on any atom is 0.325 e. The van der Waals surface area contributed by atoms with E-state index in [1.54, 1.807) is 11.9 Å². The van der Waals surface area contributed by atoms with Crippen molar-refractivity contribution in [3.63, 3.8) is 0 Å². The van der Waals surface area contributed by atoms with Gasteiger partial charge in [0.05, 0.1) is 26.3 Å². The highest BCUT2D eigenvalue weighted by Gasteiger charge is 2.50. The highest BCUT2D eigenvalue weighted by Crippen LogP contribution is 2.21. The predicted molar refractivity (Wildman–Crippen MR) is 126 cm³/mol. The molecule has 3 fully saturated rings. The summed E-state index contributed by atoms with van der Waals surface area (Å²) in [6.07, 6.45) is -0.530. The molecule has 3 aliphatic heterocycles. The average molecular weight is 475 g/mol. The monoisotopic (exact) mass is 474 g/mol. The molecule has 0 aromatic heterocycles. The third kappa shape index (κ3) is 5.60. The number of ether oxygens (including phenoxy) is 2. The van der Waals surface area contributed by atoms with Gasteiger partial charge in [-0.25, -0.2) is 4.79 Å². The second-order valence-electron chi connectivity index (χ2n) is 8.72. The molecule has 3 atom stereocenters. The van der Waals surface area contributed by atoms with Gasteiger partial charge in [0.25, 0.3) is 5.91 Å². The number of amides is 3. The van der Waals surface area contributed by atoms with Crippen LogP contribution in [-0.2, 0) is 16.0 Å². The van der Waals surface area contributed by atoms with Crippen molar-refractivity contribution >= 4 is 17.9 Å². The van der Waals surface area contributed by atoms with Crippen LogP contribution in [0.5, 0.6) is 5.75 Å². The van der Waals surface area contributed by atoms with Crippen LogP contribution in [0.15, 0.2) is 29.3 Å². The molecule has 4 rings (SSSR count). The lowest BCUT2D eigenvalue weighted by Gasteiger charge is -2.35. The van der Waals surface area contributed by atoms with Crippen LogP contribution in [0.2, 0.25) is 0 Å². The second kappa shape index (κ2) is 11.0. The number of β-amino-alcohol motifs (C(OH)–C–C–N with tert-alkyl or cyclic N) is 1. The molecule has 3 N–H and O–H groups in total. The maximum atomic E-state index is 12.7. The van der Waals surface area contributed by atoms with Gasteiger partial charge < -0.3 is 29.7 Å². The Bertz CT molecular complexity index is 906. The summed E-state index contributed by atoms with van der Waals surface area (Å²) in [5.74, 6) is 0.769. The van der Waals surface area contributed by atoms with Gasteiger partial charge in [0.15, 0.2) is 12.0 Å². The van der Waals surface area contributed by atoms with Crippen molar-refractivity contribution in [2.24, 2.45) is 4.99 Å². The number of rotatable bonds is 9. The Morgan fingerprint density at radius 2 is 2.09 bits per heavy atom. The van der Waals surface area contributed by atoms with E-state index in [0.29, 0.717) is 31.5 Å². The van der Waals surface area contributed by atoms with Crippen molar-refractivity contribution in [1.29, 1.82) is 0 Å². The third-order valence-corrected chi connectivity index (χ3v) is 6.36. The van der Waals surface area contributed by atoms with E-state index in [0.717, 1.165) is 31.6 Å². The van der Waals surface area contributed by atoms with Crippen LogP contribution in [0.25, 0.3) is 0 Å². The summed E-state index contributed by atoms with van der Waals surface area (Å²) in [5.41, 5.74) is 1.15. The van der Waals surface area contributed by atoms with E-state index in [9.17, 15) is 14.7 Å². The number of hydrogen-bond donors (Lipinski definition) is 3. The first kappa shape index (κ1) is 24.2. The maximum absolute atomic E-state index is 12.7. The molecule has 1 aromatic carbocycles. The Balaban J connectivity index is 1.43. The Hall–Kier alpha value is -2.89. The number of carbonyl (C=O) groups excluding carboxylic acids is 2. The average Bonchev–Trinajstić information content (AvgIpc) is 3.20. The molecule has 0 saturated carbocycles. The zero-order valence-electron chi connectivity index (χ0n) is 19.8. The lowest BCUT2D eigenvalue weighted by molar-refractivity contribution is -0.127. The van der Waals surface area contributed by atoms with Gasteiger partial charge in [0, 0.05) is 26.7 Å². The molecule has 0 aliphatic carbocycles. The van der Waals surface area contributed by atoms with Gasteiger partial charge in [0.2, 0.25) is 0 Å². The Morgan fingerprint density at radius 1 is 1.29 bits per heavy atom. The van der Waals surface area contributed by atoms with Crippen LogP contribution in [-0.4, -0.2) is 116 Å². The zero-order chi connectivity index (χ0) is 24.1. The number of likely N-dealkylation sites (N-methyl/N-ethyl adjacent to an activating group) is 1. The quantitative estimate of drug-likeness (QED) is 0.437. The molecule has 3 heterocycles. The van der Waals surface area contributed by atoms with Crippen LogP contribution in [0.4, 0.5) is 4.79 Å². The number of nitrogens with zero attached hydrogens (tertiary/aromatic N) is 4. The van der Waals surface area contributed by atoms with Crippen LogP contribution < -0.4 is 15.4 Å². The van der Waals surface area contributed by atoms with Crippen LogP contribution in [0.3, 0.4) is 0 Å². The number of carbonyl (C=O) groups is 2. The molecule has 3 saturated heterocycles. The molecule has 11 heteroatoms. The fraction of sp³-hybridized carbons (Fsp3) is 0.609. The minimum Gasteiger partial charge on any atom is -0.491 e. The summed E-state index contributed by atoms with van der Waals surface area (Å²) in [6.45, 7) is 6.71. The summed E-state index contributed by atoms with van der Waals surface area (Å²) in [4.78, 5) is 35.0. The molecule has 186 valence electrons. The molecule has 3 amide bonds. The fourth-order valence-electron chi connectivity index (χ4n) is 4.37. The fourth-order valence-corrected chi connectivity index (χ4v) is 4.37. The van der Waals surface area contributed by atoms with Crippen LogP contribution >= 0.6 is 0 Å². The number of aliphatic hydroxyl groups is 1. The molecule has 0 bridgehead atoms. The largest absolute Gasteiger partial charge is 0.491 e. The molecule has 0 spiro atoms. The standard InChI is InChI=1S/C23H34N6O5/c1-3-16-5-4-6-18(13-16)34-15-17(30)14-29-19-20(27(2)23(32)26-21(19)31)25-22(29)24-7-8-28-9-11-33-12-10-28/h4-6,13,17,19-20,30H,3,7-12,14-15H2,1-2H3,(H,24,25)(H,26,31,32). The molecule has 11 nitrogen and oxygen atoms in total. The molecule has 0 radical (unpaired) electrons. The molecular weight excluding hydrogens is 440 g/mol. The predicted octanol–water partition coefficient (Wildman–Crippen LogP) is -0.542. The Labute approximate surface area is 199 Å². The van der Waals surface area contributed by atoms with Crippen molar-refractivity contribution in [2.75, 3.05) is 59.6 Å². The lowest BCUT2D eigenvalue weighted by Crippen LogP contribution is -2.65. The number of morpholine rings is 1. The number of imide groups is 1. The normalized spacial score (nSPS) is 25.2. The number of benzene rings is 1. The number of guanidine groups is 1. The van der Waals surface area contributed by atoms with Crippen LogP contribution in [0.1, 0.15) is 12.5 Å². The van der Waals surface area contributed by atoms with Crippen molar-refractivity contribution < 1.29 is 24.2 Å². The van der Waals surface area contributed by atoms with Gasteiger partial charge in [-0.05, 0) is 24.1 Å². The second-order valence-corrected chi connectivity index (χ2v) is 8.72. The van der Waals surface area contributed by atoms with Crippen LogP contribution in [0, 0.1) is 0 Å². The highest BCUT2D eigenvalue weighted by molar-refractivity contribution is 6.04. The van der Waals surface area contributed by atoms with E-state index in [2.05, 4.69) is 27.4 Å². The Kier molecular flexibility index (Phi) is 7.86. The minimum absolute atomic E-state index is 0.0680. The third-order valence-electron chi connectivity index (χ3n) is 6.36. The summed E-state index contributed by atoms with van der Waals surface area (Å²) >= 11 is 0. The summed E-state index contributed by atoms with van der Waals surface area (Å²) < 4.78 is 11.2. The first-order valence-corrected chi connectivity index (χ1v) is 11.8. The van der Waals surface area contributed by atoms with Gasteiger partial charge >= 0.3 is 6.03 Å². The van der Waals surface area contributed by atoms with E-state index in [1.165, 1.54) is 4.90 Å². The molecular formula is C23H34N6O5. The van der Waals surface area contributed by atoms with Gasteiger partial charge in [-0.15, -0.1) is 0 Å². The summed E-state index contributed by atoms with van der Waals surface area (Å²) in [5, 5.41) is 16.3.